The van der Waals surface area contributed by atoms with Gasteiger partial charge in [0.05, 0.1) is 6.04 Å². The van der Waals surface area contributed by atoms with Crippen molar-refractivity contribution >= 4 is 30.7 Å². The molecule has 2 heterocycles. The number of carbonyl (C=O) groups is 1. The van der Waals surface area contributed by atoms with Gasteiger partial charge in [-0.05, 0) is 44.4 Å². The number of fused-ring (bicyclic) bond motifs is 1. The van der Waals surface area contributed by atoms with E-state index in [1.807, 2.05) is 7.05 Å². The molecule has 0 saturated carbocycles. The molecule has 1 aromatic rings. The minimum Gasteiger partial charge on any atom is -0.341 e. The number of rotatable bonds is 3. The number of likely N-dealkylation sites (tertiary alicyclic amines) is 1. The van der Waals surface area contributed by atoms with E-state index in [4.69, 9.17) is 0 Å². The van der Waals surface area contributed by atoms with Gasteiger partial charge in [0.1, 0.15) is 0 Å². The number of benzene rings is 1. The summed E-state index contributed by atoms with van der Waals surface area (Å²) in [6.07, 6.45) is 3.19. The molecule has 1 amide bonds. The number of nitrogens with zero attached hydrogens (tertiary/aromatic N) is 2. The van der Waals surface area contributed by atoms with Crippen LogP contribution in [0.1, 0.15) is 30.9 Å². The fraction of sp³-hybridized carbons (Fsp3) is 0.611. The Labute approximate surface area is 157 Å². The number of hydrogen-bond acceptors (Lipinski definition) is 3. The lowest BCUT2D eigenvalue weighted by molar-refractivity contribution is -0.137. The Morgan fingerprint density at radius 2 is 1.75 bits per heavy atom. The van der Waals surface area contributed by atoms with Gasteiger partial charge in [0.25, 0.3) is 0 Å². The Hall–Kier alpha value is -0.810. The van der Waals surface area contributed by atoms with Crippen LogP contribution in [0.25, 0.3) is 0 Å². The van der Waals surface area contributed by atoms with E-state index in [-0.39, 0.29) is 30.9 Å². The van der Waals surface area contributed by atoms with Crippen LogP contribution in [0.2, 0.25) is 0 Å². The van der Waals surface area contributed by atoms with E-state index >= 15 is 0 Å². The molecule has 2 aliphatic heterocycles. The zero-order chi connectivity index (χ0) is 15.5. The molecule has 4 nitrogen and oxygen atoms in total. The van der Waals surface area contributed by atoms with E-state index in [1.165, 1.54) is 11.1 Å². The first-order valence-corrected chi connectivity index (χ1v) is 8.46. The fourth-order valence-electron chi connectivity index (χ4n) is 3.66. The van der Waals surface area contributed by atoms with E-state index in [0.29, 0.717) is 11.9 Å². The molecule has 0 spiro atoms. The standard InChI is InChI=1S/C18H27N3O.2ClH/c1-14(18(22)20-11-8-17(19-2)9-12-20)21-10-7-15-5-3-4-6-16(15)13-21;;/h3-6,14,17,19H,7-13H2,1-2H3;2*1H. The summed E-state index contributed by atoms with van der Waals surface area (Å²) in [5, 5.41) is 3.32. The molecule has 0 bridgehead atoms. The Morgan fingerprint density at radius 3 is 2.38 bits per heavy atom. The van der Waals surface area contributed by atoms with Crippen molar-refractivity contribution in [3.63, 3.8) is 0 Å². The van der Waals surface area contributed by atoms with Crippen molar-refractivity contribution in [2.24, 2.45) is 0 Å². The maximum absolute atomic E-state index is 12.8. The highest BCUT2D eigenvalue weighted by Gasteiger charge is 2.30. The molecular weight excluding hydrogens is 345 g/mol. The monoisotopic (exact) mass is 373 g/mol. The summed E-state index contributed by atoms with van der Waals surface area (Å²) in [6, 6.07) is 9.16. The molecule has 1 saturated heterocycles. The Morgan fingerprint density at radius 1 is 1.12 bits per heavy atom. The Kier molecular flexibility index (Phi) is 8.51. The van der Waals surface area contributed by atoms with Crippen LogP contribution >= 0.6 is 24.8 Å². The second kappa shape index (κ2) is 9.62. The third-order valence-corrected chi connectivity index (χ3v) is 5.28. The quantitative estimate of drug-likeness (QED) is 0.883. The van der Waals surface area contributed by atoms with Gasteiger partial charge in [0.2, 0.25) is 5.91 Å². The predicted octanol–water partition coefficient (Wildman–Crippen LogP) is 2.49. The summed E-state index contributed by atoms with van der Waals surface area (Å²) in [6.45, 7) is 5.73. The van der Waals surface area contributed by atoms with Crippen molar-refractivity contribution in [3.05, 3.63) is 35.4 Å². The number of hydrogen-bond donors (Lipinski definition) is 1. The number of nitrogens with one attached hydrogen (secondary N) is 1. The summed E-state index contributed by atoms with van der Waals surface area (Å²) >= 11 is 0. The molecule has 136 valence electrons. The number of carbonyl (C=O) groups excluding carboxylic acids is 1. The first-order chi connectivity index (χ1) is 10.7. The minimum atomic E-state index is -0.0144. The van der Waals surface area contributed by atoms with Crippen molar-refractivity contribution in [3.8, 4) is 0 Å². The summed E-state index contributed by atoms with van der Waals surface area (Å²) in [5.74, 6) is 0.300. The summed E-state index contributed by atoms with van der Waals surface area (Å²) in [4.78, 5) is 17.2. The Bertz CT molecular complexity index is 533. The van der Waals surface area contributed by atoms with Crippen LogP contribution in [-0.4, -0.2) is 54.5 Å². The van der Waals surface area contributed by atoms with Gasteiger partial charge in [-0.15, -0.1) is 24.8 Å². The van der Waals surface area contributed by atoms with Crippen LogP contribution in [0.4, 0.5) is 0 Å². The van der Waals surface area contributed by atoms with Gasteiger partial charge in [0.15, 0.2) is 0 Å². The highest BCUT2D eigenvalue weighted by atomic mass is 35.5. The summed E-state index contributed by atoms with van der Waals surface area (Å²) in [5.41, 5.74) is 2.82. The molecule has 1 atom stereocenters. The van der Waals surface area contributed by atoms with Gasteiger partial charge >= 0.3 is 0 Å². The zero-order valence-electron chi connectivity index (χ0n) is 14.5. The molecule has 0 aliphatic carbocycles. The highest BCUT2D eigenvalue weighted by Crippen LogP contribution is 2.21. The normalized spacial score (nSPS) is 19.7. The van der Waals surface area contributed by atoms with E-state index in [1.54, 1.807) is 0 Å². The third-order valence-electron chi connectivity index (χ3n) is 5.28. The van der Waals surface area contributed by atoms with Gasteiger partial charge in [-0.25, -0.2) is 0 Å². The molecule has 3 rings (SSSR count). The molecule has 24 heavy (non-hydrogen) atoms. The highest BCUT2D eigenvalue weighted by molar-refractivity contribution is 5.85. The second-order valence-electron chi connectivity index (χ2n) is 6.55. The van der Waals surface area contributed by atoms with Gasteiger partial charge in [-0.1, -0.05) is 24.3 Å². The molecule has 1 N–H and O–H groups in total. The topological polar surface area (TPSA) is 35.6 Å². The van der Waals surface area contributed by atoms with Gasteiger partial charge in [0, 0.05) is 32.2 Å². The van der Waals surface area contributed by atoms with Crippen molar-refractivity contribution in [2.45, 2.75) is 44.8 Å². The molecule has 1 aromatic carbocycles. The largest absolute Gasteiger partial charge is 0.341 e. The number of amides is 1. The van der Waals surface area contributed by atoms with Gasteiger partial charge in [-0.3, -0.25) is 9.69 Å². The minimum absolute atomic E-state index is 0. The van der Waals surface area contributed by atoms with Crippen LogP contribution in [0.5, 0.6) is 0 Å². The third kappa shape index (κ3) is 4.63. The molecule has 1 fully saturated rings. The van der Waals surface area contributed by atoms with Crippen molar-refractivity contribution in [1.82, 2.24) is 15.1 Å². The lowest BCUT2D eigenvalue weighted by atomic mass is 9.98. The molecule has 1 unspecified atom stereocenters. The van der Waals surface area contributed by atoms with E-state index < -0.39 is 0 Å². The van der Waals surface area contributed by atoms with E-state index in [0.717, 1.165) is 45.4 Å². The van der Waals surface area contributed by atoms with Crippen LogP contribution < -0.4 is 5.32 Å². The van der Waals surface area contributed by atoms with Crippen LogP contribution in [0.3, 0.4) is 0 Å². The van der Waals surface area contributed by atoms with Crippen molar-refractivity contribution in [2.75, 3.05) is 26.7 Å². The van der Waals surface area contributed by atoms with E-state index in [9.17, 15) is 4.79 Å². The molecule has 6 heteroatoms. The molecule has 0 aromatic heterocycles. The average molecular weight is 374 g/mol. The fourth-order valence-corrected chi connectivity index (χ4v) is 3.66. The molecular formula is C18H29Cl2N3O. The lowest BCUT2D eigenvalue weighted by Gasteiger charge is -2.38. The van der Waals surface area contributed by atoms with Crippen molar-refractivity contribution < 1.29 is 4.79 Å². The number of halogens is 2. The lowest BCUT2D eigenvalue weighted by Crippen LogP contribution is -2.52. The molecule has 2 aliphatic rings. The zero-order valence-corrected chi connectivity index (χ0v) is 16.2. The maximum Gasteiger partial charge on any atom is 0.239 e. The van der Waals surface area contributed by atoms with Crippen LogP contribution in [0, 0.1) is 0 Å². The first kappa shape index (κ1) is 21.2. The van der Waals surface area contributed by atoms with Gasteiger partial charge < -0.3 is 10.2 Å². The van der Waals surface area contributed by atoms with Crippen molar-refractivity contribution in [1.29, 1.82) is 0 Å². The summed E-state index contributed by atoms with van der Waals surface area (Å²) < 4.78 is 0. The maximum atomic E-state index is 12.8. The smallest absolute Gasteiger partial charge is 0.239 e. The SMILES string of the molecule is CNC1CCN(C(=O)C(C)N2CCc3ccccc3C2)CC1.Cl.Cl. The van der Waals surface area contributed by atoms with Gasteiger partial charge in [-0.2, -0.15) is 0 Å². The first-order valence-electron chi connectivity index (χ1n) is 8.46. The summed E-state index contributed by atoms with van der Waals surface area (Å²) in [7, 11) is 2.01. The second-order valence-corrected chi connectivity index (χ2v) is 6.55. The van der Waals surface area contributed by atoms with Crippen LogP contribution in [-0.2, 0) is 17.8 Å². The van der Waals surface area contributed by atoms with E-state index in [2.05, 4.69) is 46.3 Å². The predicted molar refractivity (Wildman–Crippen MR) is 103 cm³/mol. The van der Waals surface area contributed by atoms with Crippen LogP contribution in [0.15, 0.2) is 24.3 Å². The molecule has 0 radical (unpaired) electrons. The number of piperidine rings is 1. The average Bonchev–Trinajstić information content (AvgIpc) is 2.60. The Balaban J connectivity index is 0.00000144.